The highest BCUT2D eigenvalue weighted by Gasteiger charge is 2.23. The van der Waals surface area contributed by atoms with Crippen molar-refractivity contribution in [1.82, 2.24) is 5.32 Å². The molecule has 0 aliphatic heterocycles. The molecule has 1 unspecified atom stereocenters. The van der Waals surface area contributed by atoms with Crippen molar-refractivity contribution in [2.24, 2.45) is 0 Å². The summed E-state index contributed by atoms with van der Waals surface area (Å²) in [5.41, 5.74) is -0.140. The SMILES string of the molecule is CSCCC(NC(=O)c1ccc(Cl)c([N+](=O)[O-])c1)C(=O)Nc1cccc(F)c1. The third-order valence-corrected chi connectivity index (χ3v) is 4.69. The van der Waals surface area contributed by atoms with E-state index in [0.717, 1.165) is 12.1 Å². The van der Waals surface area contributed by atoms with Gasteiger partial charge in [-0.1, -0.05) is 17.7 Å². The van der Waals surface area contributed by atoms with Crippen molar-refractivity contribution < 1.29 is 18.9 Å². The predicted octanol–water partition coefficient (Wildman–Crippen LogP) is 3.88. The standard InChI is InChI=1S/C18H17ClFN3O4S/c1-28-8-7-15(18(25)21-13-4-2-3-12(20)10-13)22-17(24)11-5-6-14(19)16(9-11)23(26)27/h2-6,9-10,15H,7-8H2,1H3,(H,21,25)(H,22,24). The maximum Gasteiger partial charge on any atom is 0.288 e. The number of carbonyl (C=O) groups excluding carboxylic acids is 2. The summed E-state index contributed by atoms with van der Waals surface area (Å²) in [4.78, 5) is 35.3. The molecular weight excluding hydrogens is 409 g/mol. The summed E-state index contributed by atoms with van der Waals surface area (Å²) in [7, 11) is 0. The minimum Gasteiger partial charge on any atom is -0.340 e. The van der Waals surface area contributed by atoms with Gasteiger partial charge in [0.2, 0.25) is 5.91 Å². The summed E-state index contributed by atoms with van der Waals surface area (Å²) in [5.74, 6) is -1.09. The zero-order valence-electron chi connectivity index (χ0n) is 14.8. The first-order valence-corrected chi connectivity index (χ1v) is 9.89. The molecule has 2 aromatic rings. The zero-order valence-corrected chi connectivity index (χ0v) is 16.3. The van der Waals surface area contributed by atoms with E-state index in [1.165, 1.54) is 42.1 Å². The van der Waals surface area contributed by atoms with Crippen LogP contribution >= 0.6 is 23.4 Å². The van der Waals surface area contributed by atoms with Crippen LogP contribution in [0.2, 0.25) is 5.02 Å². The number of thioether (sulfide) groups is 1. The maximum absolute atomic E-state index is 13.3. The molecule has 0 aromatic heterocycles. The molecule has 2 rings (SSSR count). The molecule has 0 bridgehead atoms. The number of carbonyl (C=O) groups is 2. The lowest BCUT2D eigenvalue weighted by atomic mass is 10.1. The van der Waals surface area contributed by atoms with Gasteiger partial charge in [0.1, 0.15) is 16.9 Å². The lowest BCUT2D eigenvalue weighted by Gasteiger charge is -2.18. The Balaban J connectivity index is 2.16. The molecule has 28 heavy (non-hydrogen) atoms. The summed E-state index contributed by atoms with van der Waals surface area (Å²) < 4.78 is 13.3. The quantitative estimate of drug-likeness (QED) is 0.493. The topological polar surface area (TPSA) is 101 Å². The minimum absolute atomic E-state index is 0.00353. The smallest absolute Gasteiger partial charge is 0.288 e. The highest BCUT2D eigenvalue weighted by Crippen LogP contribution is 2.25. The van der Waals surface area contributed by atoms with Crippen LogP contribution in [-0.2, 0) is 4.79 Å². The first-order chi connectivity index (χ1) is 13.3. The Morgan fingerprint density at radius 2 is 2.04 bits per heavy atom. The number of nitrogens with one attached hydrogen (secondary N) is 2. The highest BCUT2D eigenvalue weighted by molar-refractivity contribution is 7.98. The molecule has 0 saturated carbocycles. The Hall–Kier alpha value is -2.65. The fourth-order valence-electron chi connectivity index (χ4n) is 2.34. The van der Waals surface area contributed by atoms with Crippen LogP contribution in [0.1, 0.15) is 16.8 Å². The Morgan fingerprint density at radius 3 is 2.68 bits per heavy atom. The molecule has 10 heteroatoms. The lowest BCUT2D eigenvalue weighted by Crippen LogP contribution is -2.44. The number of nitro groups is 1. The Morgan fingerprint density at radius 1 is 1.29 bits per heavy atom. The van der Waals surface area contributed by atoms with Crippen molar-refractivity contribution >= 4 is 46.6 Å². The lowest BCUT2D eigenvalue weighted by molar-refractivity contribution is -0.384. The number of amides is 2. The summed E-state index contributed by atoms with van der Waals surface area (Å²) in [5, 5.41) is 16.0. The van der Waals surface area contributed by atoms with Gasteiger partial charge >= 0.3 is 0 Å². The molecule has 0 heterocycles. The Kier molecular flexibility index (Phi) is 7.77. The van der Waals surface area contributed by atoms with E-state index in [1.54, 1.807) is 0 Å². The molecule has 2 aromatic carbocycles. The van der Waals surface area contributed by atoms with Crippen LogP contribution in [-0.4, -0.2) is 34.8 Å². The van der Waals surface area contributed by atoms with Gasteiger partial charge in [0.25, 0.3) is 11.6 Å². The van der Waals surface area contributed by atoms with Gasteiger partial charge in [-0.3, -0.25) is 19.7 Å². The van der Waals surface area contributed by atoms with Gasteiger partial charge in [-0.25, -0.2) is 4.39 Å². The highest BCUT2D eigenvalue weighted by atomic mass is 35.5. The van der Waals surface area contributed by atoms with Crippen LogP contribution in [0.25, 0.3) is 0 Å². The van der Waals surface area contributed by atoms with E-state index in [1.807, 2.05) is 6.26 Å². The van der Waals surface area contributed by atoms with Crippen molar-refractivity contribution in [1.29, 1.82) is 0 Å². The first-order valence-electron chi connectivity index (χ1n) is 8.12. The number of benzene rings is 2. The number of hydrogen-bond donors (Lipinski definition) is 2. The third-order valence-electron chi connectivity index (χ3n) is 3.73. The number of nitrogens with zero attached hydrogens (tertiary/aromatic N) is 1. The van der Waals surface area contributed by atoms with Gasteiger partial charge in [0.05, 0.1) is 4.92 Å². The average Bonchev–Trinajstić information content (AvgIpc) is 2.65. The van der Waals surface area contributed by atoms with Crippen LogP contribution in [0.15, 0.2) is 42.5 Å². The van der Waals surface area contributed by atoms with Crippen molar-refractivity contribution in [2.75, 3.05) is 17.3 Å². The molecular formula is C18H17ClFN3O4S. The van der Waals surface area contributed by atoms with Crippen molar-refractivity contribution in [2.45, 2.75) is 12.5 Å². The fraction of sp³-hybridized carbons (Fsp3) is 0.222. The minimum atomic E-state index is -0.905. The van der Waals surface area contributed by atoms with E-state index in [0.29, 0.717) is 12.2 Å². The molecule has 2 N–H and O–H groups in total. The molecule has 7 nitrogen and oxygen atoms in total. The summed E-state index contributed by atoms with van der Waals surface area (Å²) in [6.07, 6.45) is 2.18. The second-order valence-corrected chi connectivity index (χ2v) is 7.12. The van der Waals surface area contributed by atoms with Gasteiger partial charge in [-0.05, 0) is 48.8 Å². The van der Waals surface area contributed by atoms with Crippen LogP contribution in [0.3, 0.4) is 0 Å². The van der Waals surface area contributed by atoms with Gasteiger partial charge in [0, 0.05) is 17.3 Å². The summed E-state index contributed by atoms with van der Waals surface area (Å²) in [6.45, 7) is 0. The molecule has 0 saturated heterocycles. The normalized spacial score (nSPS) is 11.5. The number of hydrogen-bond acceptors (Lipinski definition) is 5. The van der Waals surface area contributed by atoms with E-state index >= 15 is 0 Å². The maximum atomic E-state index is 13.3. The second-order valence-electron chi connectivity index (χ2n) is 5.73. The summed E-state index contributed by atoms with van der Waals surface area (Å²) >= 11 is 7.24. The van der Waals surface area contributed by atoms with E-state index in [2.05, 4.69) is 10.6 Å². The number of rotatable bonds is 8. The van der Waals surface area contributed by atoms with Crippen molar-refractivity contribution in [3.8, 4) is 0 Å². The molecule has 148 valence electrons. The molecule has 0 fully saturated rings. The van der Waals surface area contributed by atoms with E-state index in [4.69, 9.17) is 11.6 Å². The van der Waals surface area contributed by atoms with E-state index in [9.17, 15) is 24.1 Å². The molecule has 2 amide bonds. The monoisotopic (exact) mass is 425 g/mol. The van der Waals surface area contributed by atoms with Crippen LogP contribution in [0, 0.1) is 15.9 Å². The fourth-order valence-corrected chi connectivity index (χ4v) is 2.99. The van der Waals surface area contributed by atoms with Crippen LogP contribution in [0.4, 0.5) is 15.8 Å². The molecule has 1 atom stereocenters. The van der Waals surface area contributed by atoms with E-state index < -0.39 is 34.3 Å². The zero-order chi connectivity index (χ0) is 20.7. The Bertz CT molecular complexity index is 897. The number of nitro benzene ring substituents is 1. The van der Waals surface area contributed by atoms with Gasteiger partial charge in [-0.2, -0.15) is 11.8 Å². The third kappa shape index (κ3) is 5.93. The Labute approximate surface area is 169 Å². The van der Waals surface area contributed by atoms with Crippen LogP contribution in [0.5, 0.6) is 0 Å². The largest absolute Gasteiger partial charge is 0.340 e. The predicted molar refractivity (Wildman–Crippen MR) is 107 cm³/mol. The second kappa shape index (κ2) is 10.0. The molecule has 0 radical (unpaired) electrons. The van der Waals surface area contributed by atoms with Gasteiger partial charge < -0.3 is 10.6 Å². The van der Waals surface area contributed by atoms with E-state index in [-0.39, 0.29) is 16.3 Å². The molecule has 0 aliphatic rings. The average molecular weight is 426 g/mol. The van der Waals surface area contributed by atoms with Crippen LogP contribution < -0.4 is 10.6 Å². The van der Waals surface area contributed by atoms with Gasteiger partial charge in [-0.15, -0.1) is 0 Å². The summed E-state index contributed by atoms with van der Waals surface area (Å²) in [6, 6.07) is 8.11. The van der Waals surface area contributed by atoms with Crippen molar-refractivity contribution in [3.63, 3.8) is 0 Å². The molecule has 0 spiro atoms. The van der Waals surface area contributed by atoms with Gasteiger partial charge in [0.15, 0.2) is 0 Å². The number of halogens is 2. The van der Waals surface area contributed by atoms with Crippen molar-refractivity contribution in [3.05, 3.63) is 69.0 Å². The number of anilines is 1. The molecule has 0 aliphatic carbocycles. The first kappa shape index (κ1) is 21.6.